The number of likely N-dealkylation sites (N-methyl/N-ethyl adjacent to an activating group) is 1. The Hall–Kier alpha value is -2.83. The number of aromatic nitrogens is 1. The van der Waals surface area contributed by atoms with Crippen molar-refractivity contribution in [2.24, 2.45) is 0 Å². The molecule has 12 heteroatoms. The lowest BCUT2D eigenvalue weighted by atomic mass is 9.99. The van der Waals surface area contributed by atoms with Crippen molar-refractivity contribution in [1.29, 1.82) is 0 Å². The van der Waals surface area contributed by atoms with E-state index >= 15 is 0 Å². The highest BCUT2D eigenvalue weighted by atomic mass is 79.9. The molecule has 180 valence electrons. The number of nitrogens with one attached hydrogen (secondary N) is 3. The van der Waals surface area contributed by atoms with Gasteiger partial charge in [0.05, 0.1) is 17.8 Å². The average Bonchev–Trinajstić information content (AvgIpc) is 3.25. The minimum absolute atomic E-state index is 0.225. The monoisotopic (exact) mass is 548 g/mol. The van der Waals surface area contributed by atoms with Gasteiger partial charge < -0.3 is 25.8 Å². The van der Waals surface area contributed by atoms with Gasteiger partial charge in [0, 0.05) is 47.6 Å². The fraction of sp³-hybridized carbons (Fsp3) is 0.409. The van der Waals surface area contributed by atoms with E-state index in [1.54, 1.807) is 24.3 Å². The summed E-state index contributed by atoms with van der Waals surface area (Å²) >= 11 is 4.68. The van der Waals surface area contributed by atoms with Crippen molar-refractivity contribution in [1.82, 2.24) is 25.4 Å². The SMILES string of the molecule is CN1CCc2nc(C(=O)N[C@@H]3CN(C=O)CC[C@@H]3NC(=O)C(=O)Nc3ccc(Br)cc3)sc2C1. The fourth-order valence-corrected chi connectivity index (χ4v) is 5.35. The van der Waals surface area contributed by atoms with E-state index in [4.69, 9.17) is 0 Å². The molecule has 0 spiro atoms. The number of amides is 4. The van der Waals surface area contributed by atoms with E-state index in [0.29, 0.717) is 23.7 Å². The molecular formula is C22H25BrN6O4S. The summed E-state index contributed by atoms with van der Waals surface area (Å²) in [7, 11) is 2.03. The number of carbonyl (C=O) groups excluding carboxylic acids is 4. The lowest BCUT2D eigenvalue weighted by molar-refractivity contribution is -0.137. The van der Waals surface area contributed by atoms with Crippen LogP contribution < -0.4 is 16.0 Å². The summed E-state index contributed by atoms with van der Waals surface area (Å²) in [5.41, 5.74) is 1.43. The molecule has 0 bridgehead atoms. The quantitative estimate of drug-likeness (QED) is 0.378. The first-order valence-corrected chi connectivity index (χ1v) is 12.5. The van der Waals surface area contributed by atoms with Crippen LogP contribution >= 0.6 is 27.3 Å². The number of likely N-dealkylation sites (tertiary alicyclic amines) is 1. The molecule has 1 fully saturated rings. The van der Waals surface area contributed by atoms with Gasteiger partial charge in [-0.05, 0) is 37.7 Å². The van der Waals surface area contributed by atoms with E-state index in [1.807, 2.05) is 7.05 Å². The fourth-order valence-electron chi connectivity index (χ4n) is 4.00. The lowest BCUT2D eigenvalue weighted by Gasteiger charge is -2.37. The van der Waals surface area contributed by atoms with Crippen molar-refractivity contribution < 1.29 is 19.2 Å². The van der Waals surface area contributed by atoms with Gasteiger partial charge in [-0.2, -0.15) is 0 Å². The molecule has 4 rings (SSSR count). The molecule has 2 aromatic rings. The van der Waals surface area contributed by atoms with Crippen LogP contribution in [0, 0.1) is 0 Å². The zero-order valence-electron chi connectivity index (χ0n) is 18.5. The molecule has 2 aliphatic rings. The Morgan fingerprint density at radius 1 is 1.12 bits per heavy atom. The van der Waals surface area contributed by atoms with E-state index in [-0.39, 0.29) is 12.5 Å². The first-order valence-electron chi connectivity index (χ1n) is 10.9. The lowest BCUT2D eigenvalue weighted by Crippen LogP contribution is -2.61. The van der Waals surface area contributed by atoms with Crippen LogP contribution in [0.1, 0.15) is 26.8 Å². The van der Waals surface area contributed by atoms with Gasteiger partial charge in [-0.1, -0.05) is 15.9 Å². The standard InChI is InChI=1S/C22H25BrN6O4S/c1-28-8-6-16-18(11-28)34-22(27-16)21(33)26-17-10-29(12-30)9-7-15(17)25-20(32)19(31)24-14-4-2-13(23)3-5-14/h2-5,12,15,17H,6-11H2,1H3,(H,24,31)(H,25,32)(H,26,33)/t15-,17+/m0/s1. The molecule has 0 saturated carbocycles. The summed E-state index contributed by atoms with van der Waals surface area (Å²) in [6, 6.07) is 5.78. The number of hydrogen-bond acceptors (Lipinski definition) is 7. The number of rotatable bonds is 5. The number of carbonyl (C=O) groups is 4. The van der Waals surface area contributed by atoms with Gasteiger partial charge in [-0.25, -0.2) is 4.98 Å². The van der Waals surface area contributed by atoms with Gasteiger partial charge in [-0.3, -0.25) is 19.2 Å². The van der Waals surface area contributed by atoms with Crippen LogP contribution in [0.2, 0.25) is 0 Å². The van der Waals surface area contributed by atoms with Crippen LogP contribution in [0.25, 0.3) is 0 Å². The molecule has 2 atom stereocenters. The predicted molar refractivity (Wildman–Crippen MR) is 130 cm³/mol. The minimum Gasteiger partial charge on any atom is -0.343 e. The maximum absolute atomic E-state index is 13.0. The molecule has 3 N–H and O–H groups in total. The third-order valence-electron chi connectivity index (χ3n) is 5.85. The number of halogens is 1. The van der Waals surface area contributed by atoms with Gasteiger partial charge in [0.15, 0.2) is 5.01 Å². The molecule has 1 aromatic heterocycles. The number of anilines is 1. The number of hydrogen-bond donors (Lipinski definition) is 3. The second kappa shape index (κ2) is 10.6. The summed E-state index contributed by atoms with van der Waals surface area (Å²) in [6.45, 7) is 2.29. The molecule has 2 aliphatic heterocycles. The predicted octanol–water partition coefficient (Wildman–Crippen LogP) is 0.978. The van der Waals surface area contributed by atoms with Gasteiger partial charge in [0.2, 0.25) is 6.41 Å². The number of nitrogens with zero attached hydrogens (tertiary/aromatic N) is 3. The molecule has 1 saturated heterocycles. The molecule has 0 radical (unpaired) electrons. The molecule has 3 heterocycles. The minimum atomic E-state index is -0.806. The Balaban J connectivity index is 1.41. The Bertz CT molecular complexity index is 1090. The van der Waals surface area contributed by atoms with Crippen LogP contribution in [0.4, 0.5) is 5.69 Å². The Morgan fingerprint density at radius 2 is 1.88 bits per heavy atom. The van der Waals surface area contributed by atoms with E-state index in [2.05, 4.69) is 41.8 Å². The molecule has 0 aliphatic carbocycles. The van der Waals surface area contributed by atoms with Gasteiger partial charge in [0.25, 0.3) is 5.91 Å². The largest absolute Gasteiger partial charge is 0.343 e. The van der Waals surface area contributed by atoms with E-state index in [1.165, 1.54) is 16.2 Å². The number of thiazole rings is 1. The number of benzene rings is 1. The van der Waals surface area contributed by atoms with Crippen molar-refractivity contribution >= 4 is 57.1 Å². The zero-order chi connectivity index (χ0) is 24.2. The Labute approximate surface area is 209 Å². The normalized spacial score (nSPS) is 20.2. The van der Waals surface area contributed by atoms with Crippen LogP contribution in [0.5, 0.6) is 0 Å². The average molecular weight is 549 g/mol. The maximum atomic E-state index is 13.0. The second-order valence-electron chi connectivity index (χ2n) is 8.39. The summed E-state index contributed by atoms with van der Waals surface area (Å²) in [5.74, 6) is -1.96. The van der Waals surface area contributed by atoms with Crippen molar-refractivity contribution in [2.75, 3.05) is 32.0 Å². The third kappa shape index (κ3) is 5.80. The number of fused-ring (bicyclic) bond motifs is 1. The summed E-state index contributed by atoms with van der Waals surface area (Å²) in [6.07, 6.45) is 1.92. The van der Waals surface area contributed by atoms with Crippen LogP contribution in [-0.4, -0.2) is 77.7 Å². The number of piperidine rings is 1. The van der Waals surface area contributed by atoms with E-state index in [9.17, 15) is 19.2 Å². The molecule has 4 amide bonds. The van der Waals surface area contributed by atoms with E-state index in [0.717, 1.165) is 41.0 Å². The molecule has 1 aromatic carbocycles. The molecule has 10 nitrogen and oxygen atoms in total. The summed E-state index contributed by atoms with van der Waals surface area (Å²) in [4.78, 5) is 58.5. The Kier molecular flexibility index (Phi) is 7.59. The summed E-state index contributed by atoms with van der Waals surface area (Å²) in [5, 5.41) is 8.54. The van der Waals surface area contributed by atoms with Crippen LogP contribution in [0.15, 0.2) is 28.7 Å². The second-order valence-corrected chi connectivity index (χ2v) is 10.4. The highest BCUT2D eigenvalue weighted by Gasteiger charge is 2.33. The highest BCUT2D eigenvalue weighted by Crippen LogP contribution is 2.24. The summed E-state index contributed by atoms with van der Waals surface area (Å²) < 4.78 is 0.851. The molecule has 34 heavy (non-hydrogen) atoms. The van der Waals surface area contributed by atoms with Crippen molar-refractivity contribution in [3.8, 4) is 0 Å². The topological polar surface area (TPSA) is 124 Å². The third-order valence-corrected chi connectivity index (χ3v) is 7.46. The van der Waals surface area contributed by atoms with Crippen LogP contribution in [-0.2, 0) is 27.3 Å². The van der Waals surface area contributed by atoms with Crippen molar-refractivity contribution in [2.45, 2.75) is 31.5 Å². The first kappa shape index (κ1) is 24.3. The molecular weight excluding hydrogens is 524 g/mol. The first-order chi connectivity index (χ1) is 16.3. The van der Waals surface area contributed by atoms with Crippen molar-refractivity contribution in [3.63, 3.8) is 0 Å². The maximum Gasteiger partial charge on any atom is 0.313 e. The van der Waals surface area contributed by atoms with Crippen LogP contribution in [0.3, 0.4) is 0 Å². The van der Waals surface area contributed by atoms with E-state index < -0.39 is 23.9 Å². The zero-order valence-corrected chi connectivity index (χ0v) is 20.9. The highest BCUT2D eigenvalue weighted by molar-refractivity contribution is 9.10. The Morgan fingerprint density at radius 3 is 2.62 bits per heavy atom. The smallest absolute Gasteiger partial charge is 0.313 e. The van der Waals surface area contributed by atoms with Gasteiger partial charge in [0.1, 0.15) is 0 Å². The van der Waals surface area contributed by atoms with Gasteiger partial charge >= 0.3 is 11.8 Å². The van der Waals surface area contributed by atoms with Crippen molar-refractivity contribution in [3.05, 3.63) is 44.3 Å². The van der Waals surface area contributed by atoms with Gasteiger partial charge in [-0.15, -0.1) is 11.3 Å². The molecule has 0 unspecified atom stereocenters.